The van der Waals surface area contributed by atoms with Crippen molar-refractivity contribution in [3.8, 4) is 0 Å². The molecule has 1 rings (SSSR count). The summed E-state index contributed by atoms with van der Waals surface area (Å²) in [6.45, 7) is 3.60. The van der Waals surface area contributed by atoms with Crippen molar-refractivity contribution in [3.05, 3.63) is 6.92 Å². The maximum Gasteiger partial charge on any atom is 0.0966 e. The highest BCUT2D eigenvalue weighted by atomic mass is 32.2. The second kappa shape index (κ2) is 2.12. The number of nitrogens with zero attached hydrogens (tertiary/aromatic N) is 2. The fourth-order valence-corrected chi connectivity index (χ4v) is 0.739. The van der Waals surface area contributed by atoms with E-state index in [0.717, 1.165) is 10.8 Å². The molecule has 0 N–H and O–H groups in total. The highest BCUT2D eigenvalue weighted by Crippen LogP contribution is 2.04. The standard InChI is InChI=1S/C4H5N2S/c1-4-6-5-2-3-7-4/h2H,1,3H2. The highest BCUT2D eigenvalue weighted by molar-refractivity contribution is 8.14. The molecule has 37 valence electrons. The van der Waals surface area contributed by atoms with Gasteiger partial charge in [-0.2, -0.15) is 5.10 Å². The van der Waals surface area contributed by atoms with E-state index in [4.69, 9.17) is 0 Å². The largest absolute Gasteiger partial charge is 0.162 e. The van der Waals surface area contributed by atoms with Gasteiger partial charge in [-0.15, -0.1) is 16.9 Å². The molecule has 0 aromatic carbocycles. The van der Waals surface area contributed by atoms with E-state index in [1.54, 1.807) is 18.0 Å². The van der Waals surface area contributed by atoms with Gasteiger partial charge in [0.2, 0.25) is 0 Å². The third kappa shape index (κ3) is 1.31. The van der Waals surface area contributed by atoms with Crippen LogP contribution in [0.3, 0.4) is 0 Å². The Labute approximate surface area is 46.7 Å². The summed E-state index contributed by atoms with van der Waals surface area (Å²) in [4.78, 5) is 0. The molecule has 0 spiro atoms. The van der Waals surface area contributed by atoms with Crippen molar-refractivity contribution in [2.24, 2.45) is 10.2 Å². The van der Waals surface area contributed by atoms with Gasteiger partial charge in [0.25, 0.3) is 0 Å². The zero-order valence-corrected chi connectivity index (χ0v) is 4.61. The van der Waals surface area contributed by atoms with Gasteiger partial charge < -0.3 is 0 Å². The summed E-state index contributed by atoms with van der Waals surface area (Å²) in [6, 6.07) is 0. The third-order valence-electron chi connectivity index (χ3n) is 0.575. The first kappa shape index (κ1) is 4.84. The first-order valence-corrected chi connectivity index (χ1v) is 2.92. The zero-order valence-electron chi connectivity index (χ0n) is 3.79. The van der Waals surface area contributed by atoms with Gasteiger partial charge in [0.1, 0.15) is 0 Å². The van der Waals surface area contributed by atoms with Crippen LogP contribution in [0.5, 0.6) is 0 Å². The predicted octanol–water partition coefficient (Wildman–Crippen LogP) is 0.952. The van der Waals surface area contributed by atoms with E-state index in [2.05, 4.69) is 17.1 Å². The van der Waals surface area contributed by atoms with E-state index in [9.17, 15) is 0 Å². The van der Waals surface area contributed by atoms with Crippen molar-refractivity contribution in [2.75, 3.05) is 5.75 Å². The van der Waals surface area contributed by atoms with Crippen LogP contribution < -0.4 is 0 Å². The van der Waals surface area contributed by atoms with Gasteiger partial charge in [-0.05, 0) is 0 Å². The minimum Gasteiger partial charge on any atom is -0.162 e. The van der Waals surface area contributed by atoms with Crippen molar-refractivity contribution in [1.82, 2.24) is 0 Å². The van der Waals surface area contributed by atoms with Gasteiger partial charge in [-0.1, -0.05) is 0 Å². The maximum atomic E-state index is 3.67. The molecule has 1 aliphatic heterocycles. The molecule has 7 heavy (non-hydrogen) atoms. The van der Waals surface area contributed by atoms with E-state index < -0.39 is 0 Å². The van der Waals surface area contributed by atoms with Crippen LogP contribution in [0.2, 0.25) is 0 Å². The number of rotatable bonds is 0. The molecule has 1 aliphatic rings. The van der Waals surface area contributed by atoms with Gasteiger partial charge >= 0.3 is 0 Å². The van der Waals surface area contributed by atoms with Gasteiger partial charge in [0.15, 0.2) is 0 Å². The number of thioether (sulfide) groups is 1. The molecule has 0 saturated heterocycles. The number of hydrogen-bond donors (Lipinski definition) is 0. The quantitative estimate of drug-likeness (QED) is 0.459. The van der Waals surface area contributed by atoms with Crippen LogP contribution in [0.4, 0.5) is 0 Å². The molecule has 2 nitrogen and oxygen atoms in total. The minimum atomic E-state index is 0.808. The average molecular weight is 113 g/mol. The molecule has 0 aromatic rings. The second-order valence-corrected chi connectivity index (χ2v) is 2.20. The van der Waals surface area contributed by atoms with Crippen LogP contribution in [-0.2, 0) is 0 Å². The summed E-state index contributed by atoms with van der Waals surface area (Å²) < 4.78 is 0. The maximum absolute atomic E-state index is 3.67. The topological polar surface area (TPSA) is 24.7 Å². The van der Waals surface area contributed by atoms with Crippen LogP contribution in [-0.4, -0.2) is 17.0 Å². The highest BCUT2D eigenvalue weighted by Gasteiger charge is 1.92. The van der Waals surface area contributed by atoms with E-state index in [1.165, 1.54) is 0 Å². The van der Waals surface area contributed by atoms with Crippen LogP contribution in [0.15, 0.2) is 10.2 Å². The van der Waals surface area contributed by atoms with Crippen molar-refractivity contribution < 1.29 is 0 Å². The van der Waals surface area contributed by atoms with Gasteiger partial charge in [0, 0.05) is 18.9 Å². The SMILES string of the molecule is [CH2]C1=NN=CCS1. The summed E-state index contributed by atoms with van der Waals surface area (Å²) in [5.74, 6) is 0.919. The molecule has 0 amide bonds. The smallest absolute Gasteiger partial charge is 0.0966 e. The lowest BCUT2D eigenvalue weighted by molar-refractivity contribution is 1.26. The summed E-state index contributed by atoms with van der Waals surface area (Å²) >= 11 is 1.61. The lowest BCUT2D eigenvalue weighted by Gasteiger charge is -1.95. The molecule has 1 heterocycles. The Morgan fingerprint density at radius 2 is 2.71 bits per heavy atom. The Morgan fingerprint density at radius 3 is 3.00 bits per heavy atom. The summed E-state index contributed by atoms with van der Waals surface area (Å²) in [7, 11) is 0. The van der Waals surface area contributed by atoms with Gasteiger partial charge in [-0.3, -0.25) is 0 Å². The molecule has 0 aromatic heterocycles. The average Bonchev–Trinajstić information content (AvgIpc) is 1.69. The lowest BCUT2D eigenvalue weighted by Crippen LogP contribution is -1.92. The van der Waals surface area contributed by atoms with E-state index in [-0.39, 0.29) is 0 Å². The Morgan fingerprint density at radius 1 is 1.86 bits per heavy atom. The molecule has 0 aliphatic carbocycles. The van der Waals surface area contributed by atoms with Crippen molar-refractivity contribution in [3.63, 3.8) is 0 Å². The molecule has 0 saturated carbocycles. The first-order chi connectivity index (χ1) is 3.39. The third-order valence-corrected chi connectivity index (χ3v) is 1.31. The van der Waals surface area contributed by atoms with Crippen LogP contribution >= 0.6 is 11.8 Å². The first-order valence-electron chi connectivity index (χ1n) is 1.94. The van der Waals surface area contributed by atoms with E-state index in [0.29, 0.717) is 0 Å². The normalized spacial score (nSPS) is 19.3. The molecule has 0 unspecified atom stereocenters. The zero-order chi connectivity index (χ0) is 5.11. The summed E-state index contributed by atoms with van der Waals surface area (Å²) in [5.41, 5.74) is 0. The second-order valence-electron chi connectivity index (χ2n) is 1.10. The predicted molar refractivity (Wildman–Crippen MR) is 33.7 cm³/mol. The van der Waals surface area contributed by atoms with Gasteiger partial charge in [0.05, 0.1) is 5.04 Å². The van der Waals surface area contributed by atoms with Gasteiger partial charge in [-0.25, -0.2) is 0 Å². The Hall–Kier alpha value is -0.310. The number of hydrogen-bond acceptors (Lipinski definition) is 3. The van der Waals surface area contributed by atoms with E-state index in [1.807, 2.05) is 0 Å². The van der Waals surface area contributed by atoms with E-state index >= 15 is 0 Å². The Kier molecular flexibility index (Phi) is 1.46. The molecule has 0 atom stereocenters. The van der Waals surface area contributed by atoms with Crippen LogP contribution in [0, 0.1) is 6.92 Å². The summed E-state index contributed by atoms with van der Waals surface area (Å²) in [5, 5.41) is 8.11. The molecule has 0 fully saturated rings. The van der Waals surface area contributed by atoms with Crippen molar-refractivity contribution in [1.29, 1.82) is 0 Å². The lowest BCUT2D eigenvalue weighted by atomic mass is 10.8. The summed E-state index contributed by atoms with van der Waals surface area (Å²) in [6.07, 6.45) is 1.76. The Balaban J connectivity index is 2.57. The van der Waals surface area contributed by atoms with Crippen molar-refractivity contribution >= 4 is 23.0 Å². The van der Waals surface area contributed by atoms with Crippen LogP contribution in [0.25, 0.3) is 0 Å². The fraction of sp³-hybridized carbons (Fsp3) is 0.250. The van der Waals surface area contributed by atoms with Crippen LogP contribution in [0.1, 0.15) is 0 Å². The molecule has 0 bridgehead atoms. The molecule has 3 heteroatoms. The fourth-order valence-electron chi connectivity index (χ4n) is 0.301. The monoisotopic (exact) mass is 113 g/mol. The Bertz CT molecular complexity index is 117. The van der Waals surface area contributed by atoms with Crippen molar-refractivity contribution in [2.45, 2.75) is 0 Å². The minimum absolute atomic E-state index is 0.808. The molecular weight excluding hydrogens is 108 g/mol. The molecule has 1 radical (unpaired) electrons. The molecular formula is C4H5N2S.